The number of carbonyl (C=O) groups excluding carboxylic acids is 1. The van der Waals surface area contributed by atoms with Crippen molar-refractivity contribution >= 4 is 27.5 Å². The van der Waals surface area contributed by atoms with Crippen molar-refractivity contribution in [1.29, 1.82) is 0 Å². The third-order valence-electron chi connectivity index (χ3n) is 3.03. The molecule has 0 heterocycles. The molecule has 0 aliphatic heterocycles. The van der Waals surface area contributed by atoms with E-state index >= 15 is 0 Å². The van der Waals surface area contributed by atoms with Gasteiger partial charge in [-0.1, -0.05) is 15.9 Å². The molecular weight excluding hydrogens is 423 g/mol. The molecule has 1 N–H and O–H groups in total. The molecule has 0 atom stereocenters. The lowest BCUT2D eigenvalue weighted by atomic mass is 10.0. The van der Waals surface area contributed by atoms with Gasteiger partial charge in [-0.25, -0.2) is 4.39 Å². The molecule has 0 unspecified atom stereocenters. The summed E-state index contributed by atoms with van der Waals surface area (Å²) in [4.78, 5) is 12.0. The summed E-state index contributed by atoms with van der Waals surface area (Å²) in [6.07, 6.45) is -10.2. The van der Waals surface area contributed by atoms with Crippen molar-refractivity contribution in [1.82, 2.24) is 0 Å². The number of carbonyl (C=O) groups is 1. The van der Waals surface area contributed by atoms with Crippen LogP contribution in [0.2, 0.25) is 0 Å². The zero-order valence-corrected chi connectivity index (χ0v) is 13.5. The molecule has 0 saturated heterocycles. The SMILES string of the molecule is O=C(Nc1ccc(Br)cc1F)c1cc(C(F)(F)F)cc(C(F)(F)F)c1. The Morgan fingerprint density at radius 2 is 1.40 bits per heavy atom. The highest BCUT2D eigenvalue weighted by Gasteiger charge is 2.37. The predicted octanol–water partition coefficient (Wildman–Crippen LogP) is 5.88. The molecule has 0 aliphatic carbocycles. The molecule has 25 heavy (non-hydrogen) atoms. The quantitative estimate of drug-likeness (QED) is 0.593. The maximum absolute atomic E-state index is 13.7. The first-order valence-electron chi connectivity index (χ1n) is 6.44. The number of hydrogen-bond donors (Lipinski definition) is 1. The van der Waals surface area contributed by atoms with Gasteiger partial charge < -0.3 is 5.32 Å². The molecule has 2 rings (SSSR count). The minimum absolute atomic E-state index is 0.100. The van der Waals surface area contributed by atoms with E-state index in [1.54, 1.807) is 0 Å². The summed E-state index contributed by atoms with van der Waals surface area (Å²) in [5.74, 6) is -2.22. The second-order valence-corrected chi connectivity index (χ2v) is 5.79. The van der Waals surface area contributed by atoms with E-state index in [9.17, 15) is 35.5 Å². The number of nitrogens with one attached hydrogen (secondary N) is 1. The number of halogens is 8. The van der Waals surface area contributed by atoms with Crippen LogP contribution in [0, 0.1) is 5.82 Å². The van der Waals surface area contributed by atoms with E-state index in [0.29, 0.717) is 4.47 Å². The molecule has 1 amide bonds. The van der Waals surface area contributed by atoms with Crippen molar-refractivity contribution in [3.8, 4) is 0 Å². The van der Waals surface area contributed by atoms with Gasteiger partial charge in [-0.15, -0.1) is 0 Å². The summed E-state index contributed by atoms with van der Waals surface area (Å²) in [6.45, 7) is 0. The minimum Gasteiger partial charge on any atom is -0.319 e. The second kappa shape index (κ2) is 6.66. The molecule has 134 valence electrons. The molecule has 2 aromatic carbocycles. The van der Waals surface area contributed by atoms with E-state index in [1.807, 2.05) is 5.32 Å². The Kier molecular flexibility index (Phi) is 5.12. The van der Waals surface area contributed by atoms with Crippen molar-refractivity contribution in [3.63, 3.8) is 0 Å². The van der Waals surface area contributed by atoms with Crippen LogP contribution in [0.4, 0.5) is 36.4 Å². The Morgan fingerprint density at radius 1 is 0.880 bits per heavy atom. The van der Waals surface area contributed by atoms with E-state index < -0.39 is 40.8 Å². The summed E-state index contributed by atoms with van der Waals surface area (Å²) in [7, 11) is 0. The zero-order valence-electron chi connectivity index (χ0n) is 11.9. The first-order valence-corrected chi connectivity index (χ1v) is 7.23. The Labute approximate surface area is 144 Å². The van der Waals surface area contributed by atoms with Gasteiger partial charge >= 0.3 is 12.4 Å². The van der Waals surface area contributed by atoms with Crippen LogP contribution in [0.25, 0.3) is 0 Å². The highest BCUT2D eigenvalue weighted by Crippen LogP contribution is 2.36. The number of hydrogen-bond acceptors (Lipinski definition) is 1. The Morgan fingerprint density at radius 3 is 1.84 bits per heavy atom. The molecule has 0 aromatic heterocycles. The molecule has 0 fully saturated rings. The number of benzene rings is 2. The third kappa shape index (κ3) is 4.71. The average Bonchev–Trinajstić information content (AvgIpc) is 2.47. The highest BCUT2D eigenvalue weighted by molar-refractivity contribution is 9.10. The fourth-order valence-corrected chi connectivity index (χ4v) is 2.20. The Bertz CT molecular complexity index is 782. The van der Waals surface area contributed by atoms with Crippen LogP contribution in [-0.4, -0.2) is 5.91 Å². The lowest BCUT2D eigenvalue weighted by molar-refractivity contribution is -0.143. The maximum Gasteiger partial charge on any atom is 0.416 e. The molecule has 2 nitrogen and oxygen atoms in total. The Balaban J connectivity index is 2.44. The second-order valence-electron chi connectivity index (χ2n) is 4.87. The van der Waals surface area contributed by atoms with Gasteiger partial charge in [-0.05, 0) is 36.4 Å². The predicted molar refractivity (Wildman–Crippen MR) is 78.5 cm³/mol. The van der Waals surface area contributed by atoms with Crippen LogP contribution in [0.5, 0.6) is 0 Å². The van der Waals surface area contributed by atoms with Crippen molar-refractivity contribution in [3.05, 3.63) is 63.4 Å². The normalized spacial score (nSPS) is 12.2. The fourth-order valence-electron chi connectivity index (χ4n) is 1.87. The summed E-state index contributed by atoms with van der Waals surface area (Å²) in [5, 5.41) is 1.94. The van der Waals surface area contributed by atoms with Crippen molar-refractivity contribution in [2.45, 2.75) is 12.4 Å². The number of alkyl halides is 6. The van der Waals surface area contributed by atoms with Gasteiger partial charge in [0, 0.05) is 10.0 Å². The van der Waals surface area contributed by atoms with Gasteiger partial charge in [0.1, 0.15) is 5.82 Å². The molecule has 0 aliphatic rings. The van der Waals surface area contributed by atoms with Crippen LogP contribution in [0.3, 0.4) is 0 Å². The van der Waals surface area contributed by atoms with Gasteiger partial charge in [0.25, 0.3) is 5.91 Å². The molecule has 0 spiro atoms. The van der Waals surface area contributed by atoms with Crippen molar-refractivity contribution in [2.24, 2.45) is 0 Å². The average molecular weight is 430 g/mol. The first-order chi connectivity index (χ1) is 11.4. The lowest BCUT2D eigenvalue weighted by Gasteiger charge is -2.14. The van der Waals surface area contributed by atoms with Crippen LogP contribution in [0.1, 0.15) is 21.5 Å². The molecule has 2 aromatic rings. The van der Waals surface area contributed by atoms with E-state index in [4.69, 9.17) is 0 Å². The maximum atomic E-state index is 13.7. The van der Waals surface area contributed by atoms with Gasteiger partial charge in [0.15, 0.2) is 0 Å². The molecule has 0 bridgehead atoms. The topological polar surface area (TPSA) is 29.1 Å². The van der Waals surface area contributed by atoms with E-state index in [2.05, 4.69) is 15.9 Å². The van der Waals surface area contributed by atoms with Gasteiger partial charge in [-0.2, -0.15) is 26.3 Å². The smallest absolute Gasteiger partial charge is 0.319 e. The van der Waals surface area contributed by atoms with Gasteiger partial charge in [-0.3, -0.25) is 4.79 Å². The van der Waals surface area contributed by atoms with Gasteiger partial charge in [0.2, 0.25) is 0 Å². The number of anilines is 1. The van der Waals surface area contributed by atoms with Crippen LogP contribution in [-0.2, 0) is 12.4 Å². The van der Waals surface area contributed by atoms with E-state index in [1.165, 1.54) is 6.07 Å². The van der Waals surface area contributed by atoms with E-state index in [-0.39, 0.29) is 23.9 Å². The fraction of sp³-hybridized carbons (Fsp3) is 0.133. The summed E-state index contributed by atoms with van der Waals surface area (Å²) in [5.41, 5.74) is -4.56. The van der Waals surface area contributed by atoms with Crippen molar-refractivity contribution < 1.29 is 35.5 Å². The lowest BCUT2D eigenvalue weighted by Crippen LogP contribution is -2.17. The van der Waals surface area contributed by atoms with Crippen LogP contribution in [0.15, 0.2) is 40.9 Å². The highest BCUT2D eigenvalue weighted by atomic mass is 79.9. The minimum atomic E-state index is -5.08. The van der Waals surface area contributed by atoms with Gasteiger partial charge in [0.05, 0.1) is 16.8 Å². The molecule has 0 saturated carbocycles. The number of rotatable bonds is 2. The molecular formula is C15H7BrF7NO. The third-order valence-corrected chi connectivity index (χ3v) is 3.52. The van der Waals surface area contributed by atoms with E-state index in [0.717, 1.165) is 12.1 Å². The molecule has 0 radical (unpaired) electrons. The monoisotopic (exact) mass is 429 g/mol. The first kappa shape index (κ1) is 19.2. The summed E-state index contributed by atoms with van der Waals surface area (Å²) < 4.78 is 90.6. The standard InChI is InChI=1S/C15H7BrF7NO/c16-10-1-2-12(11(17)6-10)24-13(25)7-3-8(14(18,19)20)5-9(4-7)15(21,22)23/h1-6H,(H,24,25). The number of amides is 1. The van der Waals surface area contributed by atoms with Crippen LogP contribution < -0.4 is 5.32 Å². The van der Waals surface area contributed by atoms with Crippen molar-refractivity contribution in [2.75, 3.05) is 5.32 Å². The zero-order chi connectivity index (χ0) is 19.0. The van der Waals surface area contributed by atoms with Crippen LogP contribution >= 0.6 is 15.9 Å². The summed E-state index contributed by atoms with van der Waals surface area (Å²) in [6, 6.07) is 3.85. The Hall–Kier alpha value is -2.10. The summed E-state index contributed by atoms with van der Waals surface area (Å²) >= 11 is 2.97. The molecule has 10 heteroatoms. The largest absolute Gasteiger partial charge is 0.416 e.